The minimum atomic E-state index is 0.338. The molecule has 0 aromatic heterocycles. The number of epoxide rings is 4. The molecule has 4 heterocycles. The average molecular weight is 692 g/mol. The summed E-state index contributed by atoms with van der Waals surface area (Å²) in [5.41, 5.74) is 10.4. The van der Waals surface area contributed by atoms with Crippen molar-refractivity contribution in [3.63, 3.8) is 0 Å². The fourth-order valence-corrected chi connectivity index (χ4v) is 6.40. The molecule has 4 atom stereocenters. The van der Waals surface area contributed by atoms with Crippen LogP contribution in [0.1, 0.15) is 20.3 Å². The van der Waals surface area contributed by atoms with Crippen molar-refractivity contribution in [2.75, 3.05) is 93.3 Å². The van der Waals surface area contributed by atoms with E-state index < -0.39 is 0 Å². The molecule has 4 saturated heterocycles. The highest BCUT2D eigenvalue weighted by molar-refractivity contribution is 5.70. The lowest BCUT2D eigenvalue weighted by atomic mass is 10.1. The second-order valence-electron chi connectivity index (χ2n) is 14.5. The van der Waals surface area contributed by atoms with Crippen LogP contribution < -0.4 is 19.6 Å². The highest BCUT2D eigenvalue weighted by Crippen LogP contribution is 2.32. The van der Waals surface area contributed by atoms with Gasteiger partial charge in [0.2, 0.25) is 0 Å². The maximum Gasteiger partial charge on any atom is 0.0984 e. The van der Waals surface area contributed by atoms with Gasteiger partial charge in [0, 0.05) is 99.3 Å². The summed E-state index contributed by atoms with van der Waals surface area (Å²) < 4.78 is 22.0. The van der Waals surface area contributed by atoms with Crippen LogP contribution in [0.4, 0.5) is 34.1 Å². The first-order valence-electron chi connectivity index (χ1n) is 18.2. The molecule has 51 heavy (non-hydrogen) atoms. The van der Waals surface area contributed by atoms with Crippen molar-refractivity contribution >= 4 is 34.1 Å². The molecule has 7 rings (SSSR count). The molecule has 3 aromatic rings. The Labute approximate surface area is 303 Å². The fourth-order valence-electron chi connectivity index (χ4n) is 6.40. The van der Waals surface area contributed by atoms with Crippen molar-refractivity contribution in [2.24, 2.45) is 0 Å². The Balaban J connectivity index is 0.983. The standard InChI is InChI=1S/C42H53N5O4/c1-30(2)21-38(8-7-31(3)46(22-39-26-48-39)23-40-27-49-40)45(6)36-15-13-34(14-16-36)43(4)32-9-11-33(12-10-32)44(5)35-17-19-37(20-18-35)47(24-41-28-50-41)25-42-29-51-42/h7-20,39-42H,1,21-29H2,2-6H3/b31-7+,38-8+. The van der Waals surface area contributed by atoms with Crippen molar-refractivity contribution in [3.05, 3.63) is 108 Å². The third-order valence-electron chi connectivity index (χ3n) is 10.1. The normalized spacial score (nSPS) is 21.9. The van der Waals surface area contributed by atoms with Gasteiger partial charge in [0.05, 0.1) is 50.8 Å². The van der Waals surface area contributed by atoms with Crippen LogP contribution >= 0.6 is 0 Å². The van der Waals surface area contributed by atoms with Gasteiger partial charge in [0.25, 0.3) is 0 Å². The quantitative estimate of drug-likeness (QED) is 0.0743. The van der Waals surface area contributed by atoms with Crippen LogP contribution in [0.2, 0.25) is 0 Å². The number of allylic oxidation sites excluding steroid dienone is 4. The molecule has 0 N–H and O–H groups in total. The van der Waals surface area contributed by atoms with Crippen LogP contribution in [0, 0.1) is 0 Å². The van der Waals surface area contributed by atoms with Gasteiger partial charge in [-0.1, -0.05) is 12.2 Å². The first-order chi connectivity index (χ1) is 24.7. The number of rotatable bonds is 19. The molecule has 0 amide bonds. The minimum absolute atomic E-state index is 0.338. The van der Waals surface area contributed by atoms with Crippen molar-refractivity contribution in [3.8, 4) is 0 Å². The molecular weight excluding hydrogens is 638 g/mol. The molecular formula is C42H53N5O4. The van der Waals surface area contributed by atoms with E-state index >= 15 is 0 Å². The van der Waals surface area contributed by atoms with Crippen molar-refractivity contribution < 1.29 is 18.9 Å². The maximum atomic E-state index is 5.52. The smallest absolute Gasteiger partial charge is 0.0984 e. The van der Waals surface area contributed by atoms with E-state index in [1.807, 2.05) is 0 Å². The Morgan fingerprint density at radius 2 is 0.922 bits per heavy atom. The monoisotopic (exact) mass is 691 g/mol. The number of hydrogen-bond donors (Lipinski definition) is 0. The number of hydrogen-bond acceptors (Lipinski definition) is 9. The van der Waals surface area contributed by atoms with E-state index in [0.717, 1.165) is 93.0 Å². The number of ether oxygens (including phenoxy) is 4. The van der Waals surface area contributed by atoms with Gasteiger partial charge in [-0.25, -0.2) is 0 Å². The Bertz CT molecular complexity index is 1660. The minimum Gasteiger partial charge on any atom is -0.371 e. The van der Waals surface area contributed by atoms with Gasteiger partial charge in [-0.2, -0.15) is 0 Å². The lowest BCUT2D eigenvalue weighted by Gasteiger charge is -2.26. The summed E-state index contributed by atoms with van der Waals surface area (Å²) in [5.74, 6) is 0. The molecule has 4 unspecified atom stereocenters. The van der Waals surface area contributed by atoms with Crippen LogP contribution in [0.5, 0.6) is 0 Å². The zero-order valence-electron chi connectivity index (χ0n) is 30.8. The fraction of sp³-hybridized carbons (Fsp3) is 0.429. The lowest BCUT2D eigenvalue weighted by molar-refractivity contribution is 0.263. The van der Waals surface area contributed by atoms with Gasteiger partial charge in [-0.05, 0) is 98.8 Å². The van der Waals surface area contributed by atoms with Crippen LogP contribution in [-0.4, -0.2) is 103 Å². The number of anilines is 6. The van der Waals surface area contributed by atoms with E-state index in [1.54, 1.807) is 0 Å². The van der Waals surface area contributed by atoms with E-state index in [9.17, 15) is 0 Å². The Morgan fingerprint density at radius 3 is 1.29 bits per heavy atom. The van der Waals surface area contributed by atoms with Crippen molar-refractivity contribution in [2.45, 2.75) is 44.7 Å². The summed E-state index contributed by atoms with van der Waals surface area (Å²) in [4.78, 5) is 11.5. The van der Waals surface area contributed by atoms with Gasteiger partial charge in [0.15, 0.2) is 0 Å². The number of benzene rings is 3. The SMILES string of the molecule is C=C(C)C/C(=C\C=C(/C)N(CC1CO1)CC1CO1)N(C)c1ccc(N(C)c2ccc(N(C)c3ccc(N(CC4CO4)CC4CO4)cc3)cc2)cc1. The van der Waals surface area contributed by atoms with E-state index in [1.165, 1.54) is 17.1 Å². The molecule has 4 aliphatic rings. The van der Waals surface area contributed by atoms with Crippen LogP contribution in [-0.2, 0) is 18.9 Å². The van der Waals surface area contributed by atoms with Gasteiger partial charge in [-0.15, -0.1) is 0 Å². The third kappa shape index (κ3) is 9.74. The molecule has 0 spiro atoms. The molecule has 0 aliphatic carbocycles. The summed E-state index contributed by atoms with van der Waals surface area (Å²) >= 11 is 0. The summed E-state index contributed by atoms with van der Waals surface area (Å²) in [6.07, 6.45) is 6.62. The van der Waals surface area contributed by atoms with Crippen molar-refractivity contribution in [1.82, 2.24) is 4.90 Å². The lowest BCUT2D eigenvalue weighted by Crippen LogP contribution is -2.31. The molecule has 0 radical (unpaired) electrons. The second-order valence-corrected chi connectivity index (χ2v) is 14.5. The maximum absolute atomic E-state index is 5.52. The predicted molar refractivity (Wildman–Crippen MR) is 208 cm³/mol. The average Bonchev–Trinajstić information content (AvgIpc) is 3.93. The van der Waals surface area contributed by atoms with Crippen LogP contribution in [0.25, 0.3) is 0 Å². The molecule has 4 aliphatic heterocycles. The molecule has 0 saturated carbocycles. The zero-order valence-corrected chi connectivity index (χ0v) is 30.8. The molecule has 270 valence electrons. The van der Waals surface area contributed by atoms with E-state index in [0.29, 0.717) is 24.4 Å². The summed E-state index contributed by atoms with van der Waals surface area (Å²) in [7, 11) is 6.37. The highest BCUT2D eigenvalue weighted by atomic mass is 16.6. The van der Waals surface area contributed by atoms with Crippen LogP contribution in [0.3, 0.4) is 0 Å². The van der Waals surface area contributed by atoms with E-state index in [-0.39, 0.29) is 0 Å². The Hall–Kier alpha value is -4.28. The molecule has 9 heteroatoms. The summed E-state index contributed by atoms with van der Waals surface area (Å²) in [6, 6.07) is 26.3. The second kappa shape index (κ2) is 15.5. The largest absolute Gasteiger partial charge is 0.371 e. The highest BCUT2D eigenvalue weighted by Gasteiger charge is 2.32. The Kier molecular flexibility index (Phi) is 10.7. The van der Waals surface area contributed by atoms with E-state index in [2.05, 4.69) is 151 Å². The van der Waals surface area contributed by atoms with Gasteiger partial charge >= 0.3 is 0 Å². The first kappa shape index (κ1) is 35.1. The van der Waals surface area contributed by atoms with E-state index in [4.69, 9.17) is 18.9 Å². The van der Waals surface area contributed by atoms with Gasteiger partial charge in [-0.3, -0.25) is 0 Å². The van der Waals surface area contributed by atoms with Crippen molar-refractivity contribution in [1.29, 1.82) is 0 Å². The molecule has 3 aromatic carbocycles. The molecule has 4 fully saturated rings. The number of nitrogens with zero attached hydrogens (tertiary/aromatic N) is 5. The third-order valence-corrected chi connectivity index (χ3v) is 10.1. The van der Waals surface area contributed by atoms with Gasteiger partial charge < -0.3 is 43.4 Å². The Morgan fingerprint density at radius 1 is 0.569 bits per heavy atom. The zero-order chi connectivity index (χ0) is 35.5. The summed E-state index contributed by atoms with van der Waals surface area (Å²) in [6.45, 7) is 15.6. The summed E-state index contributed by atoms with van der Waals surface area (Å²) in [5, 5.41) is 0. The molecule has 9 nitrogen and oxygen atoms in total. The van der Waals surface area contributed by atoms with Gasteiger partial charge in [0.1, 0.15) is 0 Å². The predicted octanol–water partition coefficient (Wildman–Crippen LogP) is 7.12. The topological polar surface area (TPSA) is 66.3 Å². The first-order valence-corrected chi connectivity index (χ1v) is 18.2. The molecule has 0 bridgehead atoms. The van der Waals surface area contributed by atoms with Crippen LogP contribution in [0.15, 0.2) is 108 Å².